The standard InChI is InChI=1S/C14H17N3O2/c1-17(10-11-5-7-19-8-6-11)14(18)13-4-2-3-12(9-15)16-13/h2-4,11H,5-8,10H2,1H3. The monoisotopic (exact) mass is 259 g/mol. The lowest BCUT2D eigenvalue weighted by atomic mass is 10.00. The molecule has 0 bridgehead atoms. The second-order valence-corrected chi connectivity index (χ2v) is 4.76. The largest absolute Gasteiger partial charge is 0.381 e. The molecule has 1 saturated heterocycles. The van der Waals surface area contributed by atoms with Crippen molar-refractivity contribution in [2.75, 3.05) is 26.8 Å². The first-order chi connectivity index (χ1) is 9.20. The number of nitriles is 1. The molecular formula is C14H17N3O2. The fraction of sp³-hybridized carbons (Fsp3) is 0.500. The van der Waals surface area contributed by atoms with Gasteiger partial charge in [-0.15, -0.1) is 0 Å². The molecule has 0 aromatic carbocycles. The number of aromatic nitrogens is 1. The molecule has 5 heteroatoms. The van der Waals surface area contributed by atoms with Crippen LogP contribution in [0.15, 0.2) is 18.2 Å². The van der Waals surface area contributed by atoms with E-state index < -0.39 is 0 Å². The van der Waals surface area contributed by atoms with E-state index in [0.717, 1.165) is 26.1 Å². The van der Waals surface area contributed by atoms with E-state index in [1.807, 2.05) is 6.07 Å². The Hall–Kier alpha value is -1.93. The summed E-state index contributed by atoms with van der Waals surface area (Å²) in [6.07, 6.45) is 1.98. The molecule has 1 aliphatic heterocycles. The first-order valence-electron chi connectivity index (χ1n) is 6.41. The Morgan fingerprint density at radius 1 is 1.53 bits per heavy atom. The van der Waals surface area contributed by atoms with Crippen LogP contribution >= 0.6 is 0 Å². The Labute approximate surface area is 112 Å². The number of hydrogen-bond acceptors (Lipinski definition) is 4. The van der Waals surface area contributed by atoms with Crippen LogP contribution in [0.3, 0.4) is 0 Å². The zero-order valence-electron chi connectivity index (χ0n) is 11.0. The van der Waals surface area contributed by atoms with E-state index >= 15 is 0 Å². The number of amides is 1. The molecule has 1 aliphatic rings. The van der Waals surface area contributed by atoms with Crippen LogP contribution in [0, 0.1) is 17.2 Å². The molecule has 0 radical (unpaired) electrons. The Bertz CT molecular complexity index is 490. The number of rotatable bonds is 3. The maximum Gasteiger partial charge on any atom is 0.272 e. The molecule has 2 heterocycles. The summed E-state index contributed by atoms with van der Waals surface area (Å²) in [5.41, 5.74) is 0.596. The van der Waals surface area contributed by atoms with Crippen LogP contribution in [-0.2, 0) is 4.74 Å². The van der Waals surface area contributed by atoms with Crippen molar-refractivity contribution in [1.82, 2.24) is 9.88 Å². The van der Waals surface area contributed by atoms with E-state index in [-0.39, 0.29) is 11.6 Å². The van der Waals surface area contributed by atoms with Crippen molar-refractivity contribution in [2.45, 2.75) is 12.8 Å². The van der Waals surface area contributed by atoms with E-state index in [1.54, 1.807) is 30.1 Å². The summed E-state index contributed by atoms with van der Waals surface area (Å²) >= 11 is 0. The van der Waals surface area contributed by atoms with Crippen LogP contribution in [0.2, 0.25) is 0 Å². The van der Waals surface area contributed by atoms with E-state index in [9.17, 15) is 4.79 Å². The van der Waals surface area contributed by atoms with Crippen molar-refractivity contribution < 1.29 is 9.53 Å². The highest BCUT2D eigenvalue weighted by atomic mass is 16.5. The summed E-state index contributed by atoms with van der Waals surface area (Å²) in [6, 6.07) is 6.86. The maximum absolute atomic E-state index is 12.2. The molecule has 0 saturated carbocycles. The minimum atomic E-state index is -0.136. The van der Waals surface area contributed by atoms with Gasteiger partial charge in [-0.25, -0.2) is 4.98 Å². The third kappa shape index (κ3) is 3.52. The topological polar surface area (TPSA) is 66.2 Å². The van der Waals surface area contributed by atoms with Gasteiger partial charge in [0.05, 0.1) is 0 Å². The molecule has 2 rings (SSSR count). The van der Waals surface area contributed by atoms with E-state index in [2.05, 4.69) is 4.98 Å². The molecule has 1 aromatic rings. The molecule has 1 aromatic heterocycles. The number of carbonyl (C=O) groups excluding carboxylic acids is 1. The van der Waals surface area contributed by atoms with Crippen LogP contribution in [0.4, 0.5) is 0 Å². The van der Waals surface area contributed by atoms with Gasteiger partial charge in [-0.1, -0.05) is 6.07 Å². The van der Waals surface area contributed by atoms with Crippen molar-refractivity contribution in [3.63, 3.8) is 0 Å². The highest BCUT2D eigenvalue weighted by Crippen LogP contribution is 2.16. The lowest BCUT2D eigenvalue weighted by molar-refractivity contribution is 0.0495. The van der Waals surface area contributed by atoms with Crippen molar-refractivity contribution in [3.05, 3.63) is 29.6 Å². The molecule has 1 fully saturated rings. The molecule has 5 nitrogen and oxygen atoms in total. The predicted octanol–water partition coefficient (Wildman–Crippen LogP) is 1.45. The molecule has 100 valence electrons. The van der Waals surface area contributed by atoms with E-state index in [1.165, 1.54) is 0 Å². The number of hydrogen-bond donors (Lipinski definition) is 0. The predicted molar refractivity (Wildman–Crippen MR) is 69.5 cm³/mol. The number of carbonyl (C=O) groups is 1. The van der Waals surface area contributed by atoms with Crippen molar-refractivity contribution in [2.24, 2.45) is 5.92 Å². The quantitative estimate of drug-likeness (QED) is 0.824. The van der Waals surface area contributed by atoms with Gasteiger partial charge in [-0.05, 0) is 30.9 Å². The van der Waals surface area contributed by atoms with Gasteiger partial charge in [0.15, 0.2) is 0 Å². The number of pyridine rings is 1. The van der Waals surface area contributed by atoms with Gasteiger partial charge in [0.2, 0.25) is 0 Å². The second-order valence-electron chi connectivity index (χ2n) is 4.76. The summed E-state index contributed by atoms with van der Waals surface area (Å²) in [5, 5.41) is 8.79. The lowest BCUT2D eigenvalue weighted by Crippen LogP contribution is -2.34. The van der Waals surface area contributed by atoms with Crippen LogP contribution in [-0.4, -0.2) is 42.6 Å². The summed E-state index contributed by atoms with van der Waals surface area (Å²) in [4.78, 5) is 17.9. The van der Waals surface area contributed by atoms with Crippen LogP contribution in [0.25, 0.3) is 0 Å². The summed E-state index contributed by atoms with van der Waals surface area (Å²) in [6.45, 7) is 2.25. The average molecular weight is 259 g/mol. The van der Waals surface area contributed by atoms with Crippen molar-refractivity contribution in [3.8, 4) is 6.07 Å². The smallest absolute Gasteiger partial charge is 0.272 e. The van der Waals surface area contributed by atoms with Crippen molar-refractivity contribution in [1.29, 1.82) is 5.26 Å². The van der Waals surface area contributed by atoms with Gasteiger partial charge in [0.1, 0.15) is 17.5 Å². The highest BCUT2D eigenvalue weighted by molar-refractivity contribution is 5.92. The molecule has 0 unspecified atom stereocenters. The molecule has 0 atom stereocenters. The Balaban J connectivity index is 1.99. The van der Waals surface area contributed by atoms with Gasteiger partial charge in [0.25, 0.3) is 5.91 Å². The lowest BCUT2D eigenvalue weighted by Gasteiger charge is -2.27. The Kier molecular flexibility index (Phi) is 4.48. The van der Waals surface area contributed by atoms with Gasteiger partial charge in [-0.3, -0.25) is 4.79 Å². The van der Waals surface area contributed by atoms with Crippen LogP contribution < -0.4 is 0 Å². The van der Waals surface area contributed by atoms with Gasteiger partial charge >= 0.3 is 0 Å². The van der Waals surface area contributed by atoms with E-state index in [4.69, 9.17) is 10.00 Å². The maximum atomic E-state index is 12.2. The molecule has 0 N–H and O–H groups in total. The second kappa shape index (κ2) is 6.30. The highest BCUT2D eigenvalue weighted by Gasteiger charge is 2.20. The molecule has 0 aliphatic carbocycles. The molecular weight excluding hydrogens is 242 g/mol. The Morgan fingerprint density at radius 3 is 2.95 bits per heavy atom. The van der Waals surface area contributed by atoms with Crippen LogP contribution in [0.1, 0.15) is 29.0 Å². The van der Waals surface area contributed by atoms with Crippen LogP contribution in [0.5, 0.6) is 0 Å². The van der Waals surface area contributed by atoms with Gasteiger partial charge in [-0.2, -0.15) is 5.26 Å². The van der Waals surface area contributed by atoms with E-state index in [0.29, 0.717) is 18.2 Å². The number of nitrogens with zero attached hydrogens (tertiary/aromatic N) is 3. The summed E-state index contributed by atoms with van der Waals surface area (Å²) in [5.74, 6) is 0.352. The third-order valence-corrected chi connectivity index (χ3v) is 3.30. The fourth-order valence-corrected chi connectivity index (χ4v) is 2.21. The average Bonchev–Trinajstić information content (AvgIpc) is 2.47. The first kappa shape index (κ1) is 13.5. The Morgan fingerprint density at radius 2 is 2.26 bits per heavy atom. The van der Waals surface area contributed by atoms with Gasteiger partial charge in [0, 0.05) is 26.8 Å². The summed E-state index contributed by atoms with van der Waals surface area (Å²) in [7, 11) is 1.78. The molecule has 0 spiro atoms. The molecule has 19 heavy (non-hydrogen) atoms. The minimum absolute atomic E-state index is 0.136. The number of ether oxygens (including phenoxy) is 1. The zero-order chi connectivity index (χ0) is 13.7. The van der Waals surface area contributed by atoms with Crippen molar-refractivity contribution >= 4 is 5.91 Å². The minimum Gasteiger partial charge on any atom is -0.381 e. The SMILES string of the molecule is CN(CC1CCOCC1)C(=O)c1cccc(C#N)n1. The summed E-state index contributed by atoms with van der Waals surface area (Å²) < 4.78 is 5.30. The first-order valence-corrected chi connectivity index (χ1v) is 6.41. The zero-order valence-corrected chi connectivity index (χ0v) is 11.0. The fourth-order valence-electron chi connectivity index (χ4n) is 2.21. The molecule has 1 amide bonds. The normalized spacial score (nSPS) is 15.8. The third-order valence-electron chi connectivity index (χ3n) is 3.30. The van der Waals surface area contributed by atoms with Gasteiger partial charge < -0.3 is 9.64 Å².